The van der Waals surface area contributed by atoms with E-state index in [-0.39, 0.29) is 5.75 Å². The highest BCUT2D eigenvalue weighted by atomic mass is 32.2. The van der Waals surface area contributed by atoms with Crippen molar-refractivity contribution in [1.29, 1.82) is 5.26 Å². The molecule has 3 atom stereocenters. The summed E-state index contributed by atoms with van der Waals surface area (Å²) < 4.78 is 24.0. The van der Waals surface area contributed by atoms with E-state index in [4.69, 9.17) is 5.73 Å². The van der Waals surface area contributed by atoms with Crippen LogP contribution in [0, 0.1) is 11.3 Å². The van der Waals surface area contributed by atoms with Crippen molar-refractivity contribution in [3.05, 3.63) is 35.4 Å². The van der Waals surface area contributed by atoms with Gasteiger partial charge in [-0.05, 0) is 17.5 Å². The highest BCUT2D eigenvalue weighted by Crippen LogP contribution is 2.53. The highest BCUT2D eigenvalue weighted by Gasteiger charge is 2.69. The lowest BCUT2D eigenvalue weighted by Crippen LogP contribution is -2.29. The Morgan fingerprint density at radius 3 is 2.32 bits per heavy atom. The molecule has 0 aliphatic heterocycles. The van der Waals surface area contributed by atoms with Crippen molar-refractivity contribution in [1.82, 2.24) is 0 Å². The van der Waals surface area contributed by atoms with Crippen LogP contribution >= 0.6 is 0 Å². The molecule has 2 rings (SSSR count). The summed E-state index contributed by atoms with van der Waals surface area (Å²) in [7, 11) is -3.31. The summed E-state index contributed by atoms with van der Waals surface area (Å²) in [5, 5.41) is 8.41. The van der Waals surface area contributed by atoms with E-state index in [0.717, 1.165) is 12.0 Å². The van der Waals surface area contributed by atoms with Crippen LogP contribution in [0.2, 0.25) is 0 Å². The minimum Gasteiger partial charge on any atom is -0.312 e. The maximum Gasteiger partial charge on any atom is 0.156 e. The van der Waals surface area contributed by atoms with Crippen LogP contribution < -0.4 is 5.73 Å². The molecule has 0 radical (unpaired) electrons. The van der Waals surface area contributed by atoms with E-state index in [1.807, 2.05) is 30.3 Å². The van der Waals surface area contributed by atoms with Gasteiger partial charge in [0.1, 0.15) is 10.8 Å². The molecule has 1 aliphatic carbocycles. The molecule has 1 aliphatic rings. The Bertz CT molecular complexity index is 616. The van der Waals surface area contributed by atoms with E-state index in [2.05, 4.69) is 6.92 Å². The Balaban J connectivity index is 2.37. The maximum atomic E-state index is 12.0. The van der Waals surface area contributed by atoms with E-state index < -0.39 is 26.5 Å². The number of nitrogens with two attached hydrogens (primary N) is 1. The van der Waals surface area contributed by atoms with Crippen LogP contribution in [0.4, 0.5) is 0 Å². The maximum absolute atomic E-state index is 12.0. The highest BCUT2D eigenvalue weighted by molar-refractivity contribution is 7.92. The van der Waals surface area contributed by atoms with E-state index in [1.54, 1.807) is 6.92 Å². The number of rotatable bonds is 4. The first kappa shape index (κ1) is 14.0. The molecular weight excluding hydrogens is 260 g/mol. The normalized spacial score (nSPS) is 29.8. The third-order valence-corrected chi connectivity index (χ3v) is 6.15. The van der Waals surface area contributed by atoms with Crippen LogP contribution in [-0.2, 0) is 16.3 Å². The summed E-state index contributed by atoms with van der Waals surface area (Å²) in [6.45, 7) is 3.64. The van der Waals surface area contributed by atoms with Crippen LogP contribution in [0.15, 0.2) is 24.3 Å². The third-order valence-electron chi connectivity index (χ3n) is 3.91. The minimum atomic E-state index is -3.31. The van der Waals surface area contributed by atoms with Gasteiger partial charge < -0.3 is 5.73 Å². The van der Waals surface area contributed by atoms with Crippen molar-refractivity contribution in [2.24, 2.45) is 5.73 Å². The van der Waals surface area contributed by atoms with E-state index in [9.17, 15) is 13.7 Å². The van der Waals surface area contributed by atoms with E-state index in [1.165, 1.54) is 5.56 Å². The van der Waals surface area contributed by atoms with Gasteiger partial charge in [0.2, 0.25) is 0 Å². The van der Waals surface area contributed by atoms with E-state index in [0.29, 0.717) is 0 Å². The van der Waals surface area contributed by atoms with Gasteiger partial charge in [-0.15, -0.1) is 0 Å². The largest absolute Gasteiger partial charge is 0.312 e. The summed E-state index contributed by atoms with van der Waals surface area (Å²) in [5.41, 5.74) is 6.70. The first-order valence-corrected chi connectivity index (χ1v) is 8.12. The molecule has 0 unspecified atom stereocenters. The Morgan fingerprint density at radius 2 is 1.89 bits per heavy atom. The van der Waals surface area contributed by atoms with Crippen molar-refractivity contribution in [2.75, 3.05) is 5.75 Å². The Labute approximate surface area is 114 Å². The topological polar surface area (TPSA) is 83.9 Å². The fourth-order valence-electron chi connectivity index (χ4n) is 2.60. The Hall–Kier alpha value is -1.38. The first-order valence-electron chi connectivity index (χ1n) is 6.41. The van der Waals surface area contributed by atoms with Gasteiger partial charge >= 0.3 is 0 Å². The SMILES string of the molecule is CCc1ccc([C@@H]2[C@@H](S(=O)(=O)CC)[C@@]2(N)C#N)cc1. The second-order valence-corrected chi connectivity index (χ2v) is 7.40. The molecule has 0 spiro atoms. The minimum absolute atomic E-state index is 0.0157. The summed E-state index contributed by atoms with van der Waals surface area (Å²) >= 11 is 0. The van der Waals surface area contributed by atoms with Crippen LogP contribution in [0.3, 0.4) is 0 Å². The Kier molecular flexibility index (Phi) is 3.41. The van der Waals surface area contributed by atoms with Gasteiger partial charge in [0, 0.05) is 11.7 Å². The molecular formula is C14H18N2O2S. The second kappa shape index (κ2) is 4.62. The molecule has 0 amide bonds. The molecule has 1 saturated carbocycles. The van der Waals surface area contributed by atoms with Crippen LogP contribution in [-0.4, -0.2) is 25.0 Å². The molecule has 2 N–H and O–H groups in total. The van der Waals surface area contributed by atoms with Crippen molar-refractivity contribution in [3.63, 3.8) is 0 Å². The number of aryl methyl sites for hydroxylation is 1. The molecule has 0 aromatic heterocycles. The number of hydrogen-bond donors (Lipinski definition) is 1. The fourth-order valence-corrected chi connectivity index (χ4v) is 4.47. The van der Waals surface area contributed by atoms with Gasteiger partial charge in [0.25, 0.3) is 0 Å². The van der Waals surface area contributed by atoms with Gasteiger partial charge in [-0.1, -0.05) is 38.1 Å². The quantitative estimate of drug-likeness (QED) is 0.901. The molecule has 4 nitrogen and oxygen atoms in total. The van der Waals surface area contributed by atoms with Gasteiger partial charge in [0.05, 0.1) is 6.07 Å². The lowest BCUT2D eigenvalue weighted by atomic mass is 10.0. The van der Waals surface area contributed by atoms with E-state index >= 15 is 0 Å². The molecule has 102 valence electrons. The van der Waals surface area contributed by atoms with Crippen LogP contribution in [0.25, 0.3) is 0 Å². The lowest BCUT2D eigenvalue weighted by molar-refractivity contribution is 0.593. The summed E-state index contributed by atoms with van der Waals surface area (Å²) in [6.07, 6.45) is 0.924. The van der Waals surface area contributed by atoms with Gasteiger partial charge in [-0.25, -0.2) is 8.42 Å². The summed E-state index contributed by atoms with van der Waals surface area (Å²) in [6, 6.07) is 9.67. The third kappa shape index (κ3) is 2.15. The predicted octanol–water partition coefficient (Wildman–Crippen LogP) is 1.37. The zero-order chi connectivity index (χ0) is 14.3. The van der Waals surface area contributed by atoms with Crippen molar-refractivity contribution in [3.8, 4) is 6.07 Å². The van der Waals surface area contributed by atoms with Gasteiger partial charge in [0.15, 0.2) is 9.84 Å². The molecule has 0 heterocycles. The standard InChI is InChI=1S/C14H18N2O2S/c1-3-10-5-7-11(8-6-10)12-13(14(12,16)9-15)19(17,18)4-2/h5-8,12-13H,3-4,16H2,1-2H3/t12-,13-,14-/m1/s1. The lowest BCUT2D eigenvalue weighted by Gasteiger charge is -2.02. The zero-order valence-electron chi connectivity index (χ0n) is 11.1. The van der Waals surface area contributed by atoms with Crippen molar-refractivity contribution < 1.29 is 8.42 Å². The average Bonchev–Trinajstić information content (AvgIpc) is 3.07. The molecule has 1 aromatic rings. The molecule has 1 fully saturated rings. The smallest absolute Gasteiger partial charge is 0.156 e. The summed E-state index contributed by atoms with van der Waals surface area (Å²) in [5.74, 6) is -0.393. The van der Waals surface area contributed by atoms with Gasteiger partial charge in [-0.3, -0.25) is 0 Å². The molecule has 19 heavy (non-hydrogen) atoms. The molecule has 5 heteroatoms. The molecule has 1 aromatic carbocycles. The zero-order valence-corrected chi connectivity index (χ0v) is 11.9. The number of benzene rings is 1. The monoisotopic (exact) mass is 278 g/mol. The van der Waals surface area contributed by atoms with Crippen LogP contribution in [0.1, 0.15) is 30.9 Å². The molecule has 0 saturated heterocycles. The molecule has 0 bridgehead atoms. The summed E-state index contributed by atoms with van der Waals surface area (Å²) in [4.78, 5) is 0. The second-order valence-electron chi connectivity index (χ2n) is 4.99. The number of hydrogen-bond acceptors (Lipinski definition) is 4. The van der Waals surface area contributed by atoms with Crippen molar-refractivity contribution in [2.45, 2.75) is 37.0 Å². The number of nitriles is 1. The number of sulfone groups is 1. The Morgan fingerprint density at radius 1 is 1.32 bits per heavy atom. The van der Waals surface area contributed by atoms with Crippen molar-refractivity contribution >= 4 is 9.84 Å². The number of nitrogens with zero attached hydrogens (tertiary/aromatic N) is 1. The van der Waals surface area contributed by atoms with Gasteiger partial charge in [-0.2, -0.15) is 5.26 Å². The van der Waals surface area contributed by atoms with Crippen LogP contribution in [0.5, 0.6) is 0 Å². The first-order chi connectivity index (χ1) is 8.90. The average molecular weight is 278 g/mol. The predicted molar refractivity (Wildman–Crippen MR) is 74.3 cm³/mol. The fraction of sp³-hybridized carbons (Fsp3) is 0.500.